The first-order valence-corrected chi connectivity index (χ1v) is 12.1. The van der Waals surface area contributed by atoms with Crippen molar-refractivity contribution < 1.29 is 14.7 Å². The van der Waals surface area contributed by atoms with Gasteiger partial charge in [0, 0.05) is 24.6 Å². The number of nitrogens with one attached hydrogen (secondary N) is 2. The fourth-order valence-electron chi connectivity index (χ4n) is 5.02. The number of aryl methyl sites for hydroxylation is 1. The number of allylic oxidation sites excluding steroid dienone is 2. The molecule has 1 atom stereocenters. The Morgan fingerprint density at radius 1 is 0.939 bits per heavy atom. The number of aliphatic hydroxyl groups excluding tert-OH is 1. The highest BCUT2D eigenvalue weighted by molar-refractivity contribution is 5.94. The van der Waals surface area contributed by atoms with Gasteiger partial charge in [-0.2, -0.15) is 0 Å². The molecule has 2 aliphatic rings. The standard InChI is InChI=1S/C28H34N2O3/c1-18-17-23(19-3-7-21(8-4-19)27(32)29-2)11-16-26(18)20-5-9-22(10-6-20)28(33)30-24-12-14-25(31)15-13-24/h3-5,7-8,11,16-17,22,24-25,31H,6,9-10,12-15H2,1-2H3,(H,29,32)(H,30,33). The fourth-order valence-corrected chi connectivity index (χ4v) is 5.02. The van der Waals surface area contributed by atoms with Gasteiger partial charge in [-0.25, -0.2) is 0 Å². The zero-order valence-corrected chi connectivity index (χ0v) is 19.6. The minimum absolute atomic E-state index is 0.0408. The van der Waals surface area contributed by atoms with Gasteiger partial charge in [-0.3, -0.25) is 9.59 Å². The molecule has 1 saturated carbocycles. The predicted molar refractivity (Wildman–Crippen MR) is 132 cm³/mol. The Morgan fingerprint density at radius 3 is 2.24 bits per heavy atom. The molecule has 4 rings (SSSR count). The van der Waals surface area contributed by atoms with Crippen LogP contribution in [-0.2, 0) is 4.79 Å². The first kappa shape index (κ1) is 23.2. The Morgan fingerprint density at radius 2 is 1.64 bits per heavy atom. The summed E-state index contributed by atoms with van der Waals surface area (Å²) in [5.74, 6) is 0.125. The lowest BCUT2D eigenvalue weighted by Crippen LogP contribution is -2.41. The molecule has 0 saturated heterocycles. The normalized spacial score (nSPS) is 22.9. The van der Waals surface area contributed by atoms with Crippen LogP contribution in [0.5, 0.6) is 0 Å². The number of benzene rings is 2. The summed E-state index contributed by atoms with van der Waals surface area (Å²) in [6.07, 6.45) is 7.91. The van der Waals surface area contributed by atoms with Crippen molar-refractivity contribution in [2.45, 2.75) is 64.0 Å². The molecule has 0 spiro atoms. The third-order valence-electron chi connectivity index (χ3n) is 7.10. The number of hydrogen-bond donors (Lipinski definition) is 3. The number of rotatable bonds is 5. The summed E-state index contributed by atoms with van der Waals surface area (Å²) in [4.78, 5) is 24.5. The molecule has 0 heterocycles. The molecule has 5 heteroatoms. The lowest BCUT2D eigenvalue weighted by Gasteiger charge is -2.29. The van der Waals surface area contributed by atoms with E-state index in [9.17, 15) is 14.7 Å². The van der Waals surface area contributed by atoms with Crippen LogP contribution in [0.2, 0.25) is 0 Å². The predicted octanol–water partition coefficient (Wildman–Crippen LogP) is 4.62. The Bertz CT molecular complexity index is 1030. The van der Waals surface area contributed by atoms with E-state index in [1.165, 1.54) is 16.7 Å². The second-order valence-corrected chi connectivity index (χ2v) is 9.40. The summed E-state index contributed by atoms with van der Waals surface area (Å²) in [6, 6.07) is 14.4. The van der Waals surface area contributed by atoms with Crippen LogP contribution in [0.3, 0.4) is 0 Å². The van der Waals surface area contributed by atoms with Crippen LogP contribution in [-0.4, -0.2) is 36.1 Å². The van der Waals surface area contributed by atoms with Crippen LogP contribution in [0.15, 0.2) is 48.5 Å². The molecule has 2 aromatic rings. The summed E-state index contributed by atoms with van der Waals surface area (Å²) in [5.41, 5.74) is 6.66. The van der Waals surface area contributed by atoms with Gasteiger partial charge in [0.1, 0.15) is 0 Å². The highest BCUT2D eigenvalue weighted by Gasteiger charge is 2.26. The second-order valence-electron chi connectivity index (χ2n) is 9.40. The maximum Gasteiger partial charge on any atom is 0.251 e. The quantitative estimate of drug-likeness (QED) is 0.627. The van der Waals surface area contributed by atoms with Gasteiger partial charge in [0.15, 0.2) is 0 Å². The maximum atomic E-state index is 12.7. The van der Waals surface area contributed by atoms with Crippen molar-refractivity contribution in [3.63, 3.8) is 0 Å². The van der Waals surface area contributed by atoms with Gasteiger partial charge in [0.25, 0.3) is 5.91 Å². The summed E-state index contributed by atoms with van der Waals surface area (Å²) in [7, 11) is 1.63. The minimum Gasteiger partial charge on any atom is -0.393 e. The van der Waals surface area contributed by atoms with Crippen molar-refractivity contribution in [2.24, 2.45) is 5.92 Å². The summed E-state index contributed by atoms with van der Waals surface area (Å²) >= 11 is 0. The molecule has 1 unspecified atom stereocenters. The lowest BCUT2D eigenvalue weighted by molar-refractivity contribution is -0.126. The van der Waals surface area contributed by atoms with Crippen molar-refractivity contribution in [3.05, 3.63) is 65.2 Å². The van der Waals surface area contributed by atoms with Gasteiger partial charge in [0.05, 0.1) is 6.10 Å². The van der Waals surface area contributed by atoms with E-state index in [1.54, 1.807) is 7.05 Å². The summed E-state index contributed by atoms with van der Waals surface area (Å²) in [5, 5.41) is 15.5. The second kappa shape index (κ2) is 10.3. The Kier molecular flexibility index (Phi) is 7.29. The Hall–Kier alpha value is -2.92. The fraction of sp³-hybridized carbons (Fsp3) is 0.429. The third kappa shape index (κ3) is 5.53. The molecule has 33 heavy (non-hydrogen) atoms. The molecule has 0 aromatic heterocycles. The highest BCUT2D eigenvalue weighted by atomic mass is 16.3. The van der Waals surface area contributed by atoms with Crippen LogP contribution in [0.4, 0.5) is 0 Å². The third-order valence-corrected chi connectivity index (χ3v) is 7.10. The first-order valence-electron chi connectivity index (χ1n) is 12.1. The van der Waals surface area contributed by atoms with Gasteiger partial charge < -0.3 is 15.7 Å². The smallest absolute Gasteiger partial charge is 0.251 e. The lowest BCUT2D eigenvalue weighted by atomic mass is 9.84. The van der Waals surface area contributed by atoms with E-state index >= 15 is 0 Å². The van der Waals surface area contributed by atoms with E-state index in [-0.39, 0.29) is 29.9 Å². The summed E-state index contributed by atoms with van der Waals surface area (Å²) < 4.78 is 0. The first-order chi connectivity index (χ1) is 15.9. The van der Waals surface area contributed by atoms with Crippen molar-refractivity contribution >= 4 is 17.4 Å². The number of aliphatic hydroxyl groups is 1. The molecular formula is C28H34N2O3. The van der Waals surface area contributed by atoms with Crippen LogP contribution >= 0.6 is 0 Å². The van der Waals surface area contributed by atoms with Gasteiger partial charge in [-0.1, -0.05) is 36.4 Å². The van der Waals surface area contributed by atoms with Gasteiger partial charge in [-0.15, -0.1) is 0 Å². The summed E-state index contributed by atoms with van der Waals surface area (Å²) in [6.45, 7) is 2.13. The number of hydrogen-bond acceptors (Lipinski definition) is 3. The molecular weight excluding hydrogens is 412 g/mol. The van der Waals surface area contributed by atoms with E-state index in [0.717, 1.165) is 56.1 Å². The number of carbonyl (C=O) groups is 2. The largest absolute Gasteiger partial charge is 0.393 e. The van der Waals surface area contributed by atoms with Gasteiger partial charge >= 0.3 is 0 Å². The van der Waals surface area contributed by atoms with E-state index < -0.39 is 0 Å². The maximum absolute atomic E-state index is 12.7. The van der Waals surface area contributed by atoms with E-state index in [4.69, 9.17) is 0 Å². The molecule has 3 N–H and O–H groups in total. The zero-order chi connectivity index (χ0) is 23.4. The molecule has 0 radical (unpaired) electrons. The van der Waals surface area contributed by atoms with Gasteiger partial charge in [-0.05, 0) is 91.8 Å². The average Bonchev–Trinajstić information content (AvgIpc) is 2.85. The van der Waals surface area contributed by atoms with Crippen molar-refractivity contribution in [1.29, 1.82) is 0 Å². The molecule has 2 aliphatic carbocycles. The molecule has 0 aliphatic heterocycles. The van der Waals surface area contributed by atoms with Gasteiger partial charge in [0.2, 0.25) is 5.91 Å². The number of amides is 2. The van der Waals surface area contributed by atoms with Crippen molar-refractivity contribution in [3.8, 4) is 11.1 Å². The Labute approximate surface area is 196 Å². The van der Waals surface area contributed by atoms with E-state index in [0.29, 0.717) is 5.56 Å². The average molecular weight is 447 g/mol. The van der Waals surface area contributed by atoms with Crippen LogP contribution in [0, 0.1) is 12.8 Å². The van der Waals surface area contributed by atoms with E-state index in [1.807, 2.05) is 24.3 Å². The topological polar surface area (TPSA) is 78.4 Å². The van der Waals surface area contributed by atoms with Crippen LogP contribution in [0.1, 0.15) is 66.4 Å². The molecule has 2 amide bonds. The minimum atomic E-state index is -0.199. The molecule has 5 nitrogen and oxygen atoms in total. The molecule has 1 fully saturated rings. The SMILES string of the molecule is CNC(=O)c1ccc(-c2ccc(C3=CCC(C(=O)NC4CCC(O)CC4)CC3)c(C)c2)cc1. The zero-order valence-electron chi connectivity index (χ0n) is 19.6. The van der Waals surface area contributed by atoms with Crippen LogP contribution < -0.4 is 10.6 Å². The van der Waals surface area contributed by atoms with Crippen molar-refractivity contribution in [1.82, 2.24) is 10.6 Å². The monoisotopic (exact) mass is 446 g/mol. The molecule has 0 bridgehead atoms. The van der Waals surface area contributed by atoms with Crippen molar-refractivity contribution in [2.75, 3.05) is 7.05 Å². The number of carbonyl (C=O) groups excluding carboxylic acids is 2. The highest BCUT2D eigenvalue weighted by Crippen LogP contribution is 2.34. The van der Waals surface area contributed by atoms with E-state index in [2.05, 4.69) is 41.8 Å². The molecule has 174 valence electrons. The van der Waals surface area contributed by atoms with Crippen LogP contribution in [0.25, 0.3) is 16.7 Å². The Balaban J connectivity index is 1.39. The molecule has 2 aromatic carbocycles.